The van der Waals surface area contributed by atoms with Gasteiger partial charge in [-0.05, 0) is 41.3 Å². The largest absolute Gasteiger partial charge is 0.488 e. The summed E-state index contributed by atoms with van der Waals surface area (Å²) >= 11 is 0. The van der Waals surface area contributed by atoms with Crippen molar-refractivity contribution in [3.8, 4) is 5.75 Å². The van der Waals surface area contributed by atoms with Gasteiger partial charge in [0, 0.05) is 23.3 Å². The molecule has 3 aromatic carbocycles. The number of non-ortho nitro benzene ring substituents is 1. The Labute approximate surface area is 191 Å². The standard InChI is InChI=1S/C26H22N2O5/c1-17(2)19-10-12-20(13-11-19)25-27-23(26(29)33-25)15-21-7-3-4-9-24(21)32-16-18-6-5-8-22(14-18)28(30)31/h3-15,17H,16H2,1-2H3/b23-15-. The molecule has 7 nitrogen and oxygen atoms in total. The molecule has 0 amide bonds. The van der Waals surface area contributed by atoms with E-state index < -0.39 is 10.9 Å². The first kappa shape index (κ1) is 22.0. The van der Waals surface area contributed by atoms with Gasteiger partial charge in [0.15, 0.2) is 5.70 Å². The molecule has 0 fully saturated rings. The first-order valence-electron chi connectivity index (χ1n) is 10.5. The van der Waals surface area contributed by atoms with Gasteiger partial charge in [0.05, 0.1) is 4.92 Å². The fourth-order valence-corrected chi connectivity index (χ4v) is 3.34. The molecule has 4 rings (SSSR count). The van der Waals surface area contributed by atoms with E-state index in [0.717, 1.165) is 5.56 Å². The first-order valence-corrected chi connectivity index (χ1v) is 10.5. The lowest BCUT2D eigenvalue weighted by Crippen LogP contribution is -2.05. The van der Waals surface area contributed by atoms with Gasteiger partial charge in [-0.1, -0.05) is 56.3 Å². The summed E-state index contributed by atoms with van der Waals surface area (Å²) in [6.45, 7) is 4.37. The highest BCUT2D eigenvalue weighted by Crippen LogP contribution is 2.26. The minimum atomic E-state index is -0.536. The van der Waals surface area contributed by atoms with E-state index in [4.69, 9.17) is 9.47 Å². The van der Waals surface area contributed by atoms with Gasteiger partial charge >= 0.3 is 5.97 Å². The van der Waals surface area contributed by atoms with Crippen LogP contribution in [0.15, 0.2) is 83.5 Å². The lowest BCUT2D eigenvalue weighted by Gasteiger charge is -2.09. The zero-order chi connectivity index (χ0) is 23.4. The van der Waals surface area contributed by atoms with Gasteiger partial charge in [-0.2, -0.15) is 0 Å². The van der Waals surface area contributed by atoms with Crippen LogP contribution in [0.3, 0.4) is 0 Å². The molecule has 33 heavy (non-hydrogen) atoms. The maximum atomic E-state index is 12.4. The van der Waals surface area contributed by atoms with E-state index in [1.54, 1.807) is 30.3 Å². The van der Waals surface area contributed by atoms with E-state index >= 15 is 0 Å². The fraction of sp³-hybridized carbons (Fsp3) is 0.154. The number of nitro groups is 1. The second-order valence-corrected chi connectivity index (χ2v) is 7.87. The van der Waals surface area contributed by atoms with Crippen molar-refractivity contribution in [3.63, 3.8) is 0 Å². The quantitative estimate of drug-likeness (QED) is 0.204. The van der Waals surface area contributed by atoms with Crippen molar-refractivity contribution in [2.45, 2.75) is 26.4 Å². The Morgan fingerprint density at radius 2 is 1.82 bits per heavy atom. The number of carbonyl (C=O) groups excluding carboxylic acids is 1. The van der Waals surface area contributed by atoms with Crippen LogP contribution in [-0.4, -0.2) is 16.8 Å². The van der Waals surface area contributed by atoms with Crippen LogP contribution in [0, 0.1) is 10.1 Å². The molecule has 0 bridgehead atoms. The van der Waals surface area contributed by atoms with E-state index in [2.05, 4.69) is 18.8 Å². The van der Waals surface area contributed by atoms with Crippen LogP contribution < -0.4 is 4.74 Å². The number of cyclic esters (lactones) is 1. The molecule has 0 aromatic heterocycles. The summed E-state index contributed by atoms with van der Waals surface area (Å²) in [4.78, 5) is 27.3. The monoisotopic (exact) mass is 442 g/mol. The predicted molar refractivity (Wildman–Crippen MR) is 125 cm³/mol. The summed E-state index contributed by atoms with van der Waals surface area (Å²) in [7, 11) is 0. The second-order valence-electron chi connectivity index (χ2n) is 7.87. The van der Waals surface area contributed by atoms with Gasteiger partial charge in [0.1, 0.15) is 12.4 Å². The van der Waals surface area contributed by atoms with Gasteiger partial charge < -0.3 is 9.47 Å². The molecule has 7 heteroatoms. The van der Waals surface area contributed by atoms with E-state index in [1.165, 1.54) is 17.7 Å². The maximum Gasteiger partial charge on any atom is 0.363 e. The van der Waals surface area contributed by atoms with Crippen LogP contribution in [0.2, 0.25) is 0 Å². The lowest BCUT2D eigenvalue weighted by molar-refractivity contribution is -0.384. The molecule has 166 valence electrons. The number of rotatable bonds is 7. The summed E-state index contributed by atoms with van der Waals surface area (Å²) in [5.74, 6) is 0.651. The highest BCUT2D eigenvalue weighted by Gasteiger charge is 2.24. The van der Waals surface area contributed by atoms with Gasteiger partial charge in [0.2, 0.25) is 5.90 Å². The average molecular weight is 442 g/mol. The summed E-state index contributed by atoms with van der Waals surface area (Å²) in [5.41, 5.74) is 3.40. The smallest absolute Gasteiger partial charge is 0.363 e. The Kier molecular flexibility index (Phi) is 6.31. The van der Waals surface area contributed by atoms with Crippen molar-refractivity contribution in [1.82, 2.24) is 0 Å². The van der Waals surface area contributed by atoms with Crippen molar-refractivity contribution in [3.05, 3.63) is 111 Å². The highest BCUT2D eigenvalue weighted by atomic mass is 16.6. The Hall–Kier alpha value is -4.26. The third-order valence-corrected chi connectivity index (χ3v) is 5.17. The second kappa shape index (κ2) is 9.48. The van der Waals surface area contributed by atoms with Crippen molar-refractivity contribution in [1.29, 1.82) is 0 Å². The number of benzene rings is 3. The van der Waals surface area contributed by atoms with Crippen LogP contribution in [-0.2, 0) is 16.1 Å². The fourth-order valence-electron chi connectivity index (χ4n) is 3.34. The van der Waals surface area contributed by atoms with Crippen molar-refractivity contribution in [2.75, 3.05) is 0 Å². The van der Waals surface area contributed by atoms with Gasteiger partial charge in [-0.3, -0.25) is 10.1 Å². The Morgan fingerprint density at radius 3 is 2.55 bits per heavy atom. The molecule has 0 unspecified atom stereocenters. The zero-order valence-corrected chi connectivity index (χ0v) is 18.2. The topological polar surface area (TPSA) is 91.0 Å². The number of nitro benzene ring substituents is 1. The normalized spacial score (nSPS) is 14.3. The number of hydrogen-bond donors (Lipinski definition) is 0. The molecular formula is C26H22N2O5. The van der Waals surface area contributed by atoms with Gasteiger partial charge in [0.25, 0.3) is 5.69 Å². The minimum absolute atomic E-state index is 0.00324. The van der Waals surface area contributed by atoms with E-state index in [-0.39, 0.29) is 23.9 Å². The third kappa shape index (κ3) is 5.15. The molecule has 0 saturated carbocycles. The molecule has 1 aliphatic heterocycles. The molecule has 1 aliphatic rings. The Balaban J connectivity index is 1.55. The number of esters is 1. The van der Waals surface area contributed by atoms with Crippen molar-refractivity contribution >= 4 is 23.6 Å². The molecular weight excluding hydrogens is 420 g/mol. The van der Waals surface area contributed by atoms with Crippen molar-refractivity contribution < 1.29 is 19.2 Å². The number of nitrogens with zero attached hydrogens (tertiary/aromatic N) is 2. The SMILES string of the molecule is CC(C)c1ccc(C2=N/C(=C\c3ccccc3OCc3cccc([N+](=O)[O-])c3)C(=O)O2)cc1. The molecule has 0 N–H and O–H groups in total. The van der Waals surface area contributed by atoms with Crippen molar-refractivity contribution in [2.24, 2.45) is 4.99 Å². The predicted octanol–water partition coefficient (Wildman–Crippen LogP) is 5.64. The molecule has 0 aliphatic carbocycles. The van der Waals surface area contributed by atoms with E-state index in [0.29, 0.717) is 22.8 Å². The zero-order valence-electron chi connectivity index (χ0n) is 18.2. The van der Waals surface area contributed by atoms with Gasteiger partial charge in [-0.15, -0.1) is 0 Å². The van der Waals surface area contributed by atoms with Crippen LogP contribution in [0.1, 0.15) is 42.0 Å². The van der Waals surface area contributed by atoms with E-state index in [1.807, 2.05) is 36.4 Å². The average Bonchev–Trinajstić information content (AvgIpc) is 3.19. The van der Waals surface area contributed by atoms with Crippen LogP contribution >= 0.6 is 0 Å². The Morgan fingerprint density at radius 1 is 1.06 bits per heavy atom. The molecule has 0 saturated heterocycles. The summed E-state index contributed by atoms with van der Waals surface area (Å²) in [5, 5.41) is 11.0. The number of aliphatic imine (C=N–C) groups is 1. The third-order valence-electron chi connectivity index (χ3n) is 5.17. The lowest BCUT2D eigenvalue weighted by atomic mass is 10.0. The van der Waals surface area contributed by atoms with Crippen LogP contribution in [0.5, 0.6) is 5.75 Å². The summed E-state index contributed by atoms with van der Waals surface area (Å²) in [6.07, 6.45) is 1.61. The molecule has 0 radical (unpaired) electrons. The minimum Gasteiger partial charge on any atom is -0.488 e. The maximum absolute atomic E-state index is 12.4. The molecule has 3 aromatic rings. The van der Waals surface area contributed by atoms with Crippen LogP contribution in [0.25, 0.3) is 6.08 Å². The van der Waals surface area contributed by atoms with E-state index in [9.17, 15) is 14.9 Å². The molecule has 0 spiro atoms. The van der Waals surface area contributed by atoms with Crippen LogP contribution in [0.4, 0.5) is 5.69 Å². The summed E-state index contributed by atoms with van der Waals surface area (Å²) in [6, 6.07) is 21.2. The number of hydrogen-bond acceptors (Lipinski definition) is 6. The van der Waals surface area contributed by atoms with Gasteiger partial charge in [-0.25, -0.2) is 9.79 Å². The molecule has 1 heterocycles. The first-order chi connectivity index (χ1) is 15.9. The highest BCUT2D eigenvalue weighted by molar-refractivity contribution is 6.12. The number of ether oxygens (including phenoxy) is 2. The summed E-state index contributed by atoms with van der Waals surface area (Å²) < 4.78 is 11.3. The number of para-hydroxylation sites is 1. The molecule has 0 atom stereocenters. The number of carbonyl (C=O) groups is 1. The Bertz CT molecular complexity index is 1260.